The topological polar surface area (TPSA) is 47.3 Å². The van der Waals surface area contributed by atoms with Crippen LogP contribution in [0.15, 0.2) is 36.4 Å². The number of carbonyl (C=O) groups excluding carboxylic acids is 1. The van der Waals surface area contributed by atoms with Crippen molar-refractivity contribution < 1.29 is 4.79 Å². The van der Waals surface area contributed by atoms with Crippen LogP contribution < -0.4 is 9.80 Å². The second kappa shape index (κ2) is 5.77. The van der Waals surface area contributed by atoms with Crippen LogP contribution in [0.1, 0.15) is 22.0 Å². The lowest BCUT2D eigenvalue weighted by Crippen LogP contribution is -2.27. The fraction of sp³-hybridized carbons (Fsp3) is 0.176. The van der Waals surface area contributed by atoms with E-state index in [1.807, 2.05) is 43.3 Å². The third-order valence-electron chi connectivity index (χ3n) is 3.88. The van der Waals surface area contributed by atoms with Crippen molar-refractivity contribution in [3.8, 4) is 6.07 Å². The molecule has 1 atom stereocenters. The molecule has 0 saturated heterocycles. The summed E-state index contributed by atoms with van der Waals surface area (Å²) in [5.74, 6) is -0.309. The maximum Gasteiger partial charge on any atom is 0.261 e. The molecule has 0 saturated carbocycles. The van der Waals surface area contributed by atoms with Gasteiger partial charge in [-0.1, -0.05) is 29.3 Å². The average Bonchev–Trinajstić information content (AvgIpc) is 2.83. The van der Waals surface area contributed by atoms with Crippen molar-refractivity contribution in [1.82, 2.24) is 0 Å². The van der Waals surface area contributed by atoms with Gasteiger partial charge in [-0.3, -0.25) is 9.69 Å². The molecule has 0 aliphatic carbocycles. The Hall–Kier alpha value is -2.22. The largest absolute Gasteiger partial charge is 0.378 e. The number of hydrogen-bond acceptors (Lipinski definition) is 3. The summed E-state index contributed by atoms with van der Waals surface area (Å²) in [6.07, 6.45) is 0. The fourth-order valence-electron chi connectivity index (χ4n) is 2.69. The minimum atomic E-state index is -0.711. The smallest absolute Gasteiger partial charge is 0.261 e. The zero-order valence-electron chi connectivity index (χ0n) is 12.5. The van der Waals surface area contributed by atoms with Crippen molar-refractivity contribution >= 4 is 40.5 Å². The van der Waals surface area contributed by atoms with E-state index in [2.05, 4.69) is 6.07 Å². The minimum absolute atomic E-state index is 0.196. The molecule has 1 unspecified atom stereocenters. The molecule has 116 valence electrons. The number of anilines is 2. The van der Waals surface area contributed by atoms with Gasteiger partial charge in [0.15, 0.2) is 6.04 Å². The number of nitrogens with zero attached hydrogens (tertiary/aromatic N) is 3. The van der Waals surface area contributed by atoms with Crippen LogP contribution in [0.2, 0.25) is 10.0 Å². The van der Waals surface area contributed by atoms with Gasteiger partial charge >= 0.3 is 0 Å². The summed E-state index contributed by atoms with van der Waals surface area (Å²) in [6.45, 7) is 0. The highest BCUT2D eigenvalue weighted by Crippen LogP contribution is 2.42. The number of amides is 1. The van der Waals surface area contributed by atoms with Crippen LogP contribution in [0.5, 0.6) is 0 Å². The van der Waals surface area contributed by atoms with E-state index in [-0.39, 0.29) is 10.9 Å². The van der Waals surface area contributed by atoms with E-state index in [0.717, 1.165) is 5.69 Å². The molecular formula is C17H13Cl2N3O. The van der Waals surface area contributed by atoms with E-state index in [4.69, 9.17) is 23.2 Å². The Kier molecular flexibility index (Phi) is 3.93. The first-order valence-electron chi connectivity index (χ1n) is 6.94. The standard InChI is InChI=1S/C17H13Cl2N3O/c1-21(2)10-3-5-11(6-4-10)22-14(9-20)12-7-8-13(18)16(19)15(12)17(22)23/h3-8,14H,1-2H3. The lowest BCUT2D eigenvalue weighted by Gasteiger charge is -2.21. The van der Waals surface area contributed by atoms with E-state index in [1.165, 1.54) is 4.90 Å². The van der Waals surface area contributed by atoms with Gasteiger partial charge in [0.25, 0.3) is 5.91 Å². The highest BCUT2D eigenvalue weighted by atomic mass is 35.5. The van der Waals surface area contributed by atoms with Gasteiger partial charge in [0, 0.05) is 31.0 Å². The summed E-state index contributed by atoms with van der Waals surface area (Å²) in [4.78, 5) is 16.2. The zero-order valence-corrected chi connectivity index (χ0v) is 14.1. The van der Waals surface area contributed by atoms with Crippen molar-refractivity contribution in [2.24, 2.45) is 0 Å². The second-order valence-corrected chi connectivity index (χ2v) is 6.23. The maximum atomic E-state index is 12.8. The van der Waals surface area contributed by atoms with Crippen molar-refractivity contribution in [1.29, 1.82) is 5.26 Å². The van der Waals surface area contributed by atoms with Gasteiger partial charge in [0.05, 0.1) is 21.7 Å². The van der Waals surface area contributed by atoms with Crippen LogP contribution in [0.4, 0.5) is 11.4 Å². The summed E-state index contributed by atoms with van der Waals surface area (Å²) in [5.41, 5.74) is 2.55. The number of rotatable bonds is 2. The van der Waals surface area contributed by atoms with Crippen molar-refractivity contribution in [3.63, 3.8) is 0 Å². The first kappa shape index (κ1) is 15.7. The van der Waals surface area contributed by atoms with Crippen LogP contribution in [0.3, 0.4) is 0 Å². The number of halogens is 2. The molecule has 6 heteroatoms. The Morgan fingerprint density at radius 2 is 1.78 bits per heavy atom. The minimum Gasteiger partial charge on any atom is -0.378 e. The number of nitriles is 1. The highest BCUT2D eigenvalue weighted by molar-refractivity contribution is 6.44. The van der Waals surface area contributed by atoms with E-state index in [0.29, 0.717) is 21.8 Å². The van der Waals surface area contributed by atoms with E-state index >= 15 is 0 Å². The van der Waals surface area contributed by atoms with E-state index in [1.54, 1.807) is 12.1 Å². The highest BCUT2D eigenvalue weighted by Gasteiger charge is 2.40. The van der Waals surface area contributed by atoms with Crippen molar-refractivity contribution in [3.05, 3.63) is 57.6 Å². The fourth-order valence-corrected chi connectivity index (χ4v) is 3.10. The van der Waals surface area contributed by atoms with Crippen LogP contribution in [-0.2, 0) is 0 Å². The molecule has 0 aromatic heterocycles. The Labute approximate surface area is 144 Å². The second-order valence-electron chi connectivity index (χ2n) is 5.44. The number of carbonyl (C=O) groups is 1. The van der Waals surface area contributed by atoms with Gasteiger partial charge in [0.1, 0.15) is 0 Å². The molecule has 0 fully saturated rings. The predicted molar refractivity (Wildman–Crippen MR) is 92.4 cm³/mol. The molecule has 4 nitrogen and oxygen atoms in total. The van der Waals surface area contributed by atoms with Gasteiger partial charge < -0.3 is 4.90 Å². The Balaban J connectivity index is 2.09. The van der Waals surface area contributed by atoms with E-state index in [9.17, 15) is 10.1 Å². The van der Waals surface area contributed by atoms with Crippen LogP contribution >= 0.6 is 23.2 Å². The summed E-state index contributed by atoms with van der Waals surface area (Å²) in [5, 5.41) is 10.0. The summed E-state index contributed by atoms with van der Waals surface area (Å²) in [6, 6.07) is 12.2. The van der Waals surface area contributed by atoms with Gasteiger partial charge in [0.2, 0.25) is 0 Å². The summed E-state index contributed by atoms with van der Waals surface area (Å²) in [7, 11) is 3.87. The molecule has 1 aliphatic rings. The molecule has 1 aliphatic heterocycles. The summed E-state index contributed by atoms with van der Waals surface area (Å²) >= 11 is 12.2. The molecule has 2 aromatic rings. The molecule has 0 bridgehead atoms. The van der Waals surface area contributed by atoms with E-state index < -0.39 is 6.04 Å². The zero-order chi connectivity index (χ0) is 16.7. The van der Waals surface area contributed by atoms with Crippen LogP contribution in [0.25, 0.3) is 0 Å². The molecular weight excluding hydrogens is 333 g/mol. The number of fused-ring (bicyclic) bond motifs is 1. The van der Waals surface area contributed by atoms with Crippen LogP contribution in [-0.4, -0.2) is 20.0 Å². The first-order chi connectivity index (χ1) is 11.0. The van der Waals surface area contributed by atoms with Gasteiger partial charge in [-0.25, -0.2) is 0 Å². The molecule has 1 amide bonds. The predicted octanol–water partition coefficient (Wildman–Crippen LogP) is 4.28. The first-order valence-corrected chi connectivity index (χ1v) is 7.69. The van der Waals surface area contributed by atoms with Gasteiger partial charge in [-0.05, 0) is 30.3 Å². The summed E-state index contributed by atoms with van der Waals surface area (Å²) < 4.78 is 0. The van der Waals surface area contributed by atoms with Gasteiger partial charge in [-0.15, -0.1) is 0 Å². The monoisotopic (exact) mass is 345 g/mol. The maximum absolute atomic E-state index is 12.8. The molecule has 23 heavy (non-hydrogen) atoms. The van der Waals surface area contributed by atoms with Crippen molar-refractivity contribution in [2.75, 3.05) is 23.9 Å². The third-order valence-corrected chi connectivity index (χ3v) is 4.68. The third kappa shape index (κ3) is 2.42. The Morgan fingerprint density at radius 1 is 1.13 bits per heavy atom. The molecule has 0 spiro atoms. The molecule has 3 rings (SSSR count). The molecule has 0 N–H and O–H groups in total. The number of benzene rings is 2. The lowest BCUT2D eigenvalue weighted by atomic mass is 10.1. The Morgan fingerprint density at radius 3 is 2.35 bits per heavy atom. The molecule has 0 radical (unpaired) electrons. The van der Waals surface area contributed by atoms with Gasteiger partial charge in [-0.2, -0.15) is 5.26 Å². The SMILES string of the molecule is CN(C)c1ccc(N2C(=O)c3c(ccc(Cl)c3Cl)C2C#N)cc1. The quantitative estimate of drug-likeness (QED) is 0.815. The molecule has 2 aromatic carbocycles. The molecule has 1 heterocycles. The average molecular weight is 346 g/mol. The lowest BCUT2D eigenvalue weighted by molar-refractivity contribution is 0.0994. The number of hydrogen-bond donors (Lipinski definition) is 0. The normalized spacial score (nSPS) is 16.2. The van der Waals surface area contributed by atoms with Crippen LogP contribution in [0, 0.1) is 11.3 Å². The van der Waals surface area contributed by atoms with Crippen molar-refractivity contribution in [2.45, 2.75) is 6.04 Å². The Bertz CT molecular complexity index is 825.